The zero-order valence-electron chi connectivity index (χ0n) is 9.25. The third-order valence-corrected chi connectivity index (χ3v) is 3.69. The predicted octanol–water partition coefficient (Wildman–Crippen LogP) is -6.80. The van der Waals surface area contributed by atoms with Crippen LogP contribution in [0, 0.1) is 0 Å². The molecular weight excluding hydrogens is 274 g/mol. The molecule has 0 heterocycles. The zero-order chi connectivity index (χ0) is 11.1. The first-order valence-electron chi connectivity index (χ1n) is 3.66. The van der Waals surface area contributed by atoms with Crippen LogP contribution in [-0.4, -0.2) is 45.7 Å². The Hall–Kier alpha value is 1.56. The van der Waals surface area contributed by atoms with Gasteiger partial charge in [-0.1, -0.05) is 21.6 Å². The summed E-state index contributed by atoms with van der Waals surface area (Å²) in [6, 6.07) is -1.85. The molecule has 0 aromatic rings. The standard InChI is InChI=1S/C6H12N2O4S2.2Na/c7-3(5(9)10)1-13-14-2-4(8)6(11)12;;/h3-4H,1-2,7-8H2,(H,9,10)(H,11,12);;/q;2*+1/t3-,4-;;/m0../s1. The first kappa shape index (κ1) is 22.7. The molecule has 0 aliphatic heterocycles. The Balaban J connectivity index is -0.000000845. The predicted molar refractivity (Wildman–Crippen MR) is 56.1 cm³/mol. The molecule has 0 unspecified atom stereocenters. The van der Waals surface area contributed by atoms with Gasteiger partial charge in [-0.3, -0.25) is 9.59 Å². The summed E-state index contributed by atoms with van der Waals surface area (Å²) in [7, 11) is 2.41. The zero-order valence-corrected chi connectivity index (χ0v) is 14.9. The Kier molecular flexibility index (Phi) is 18.5. The minimum absolute atomic E-state index is 0. The van der Waals surface area contributed by atoms with Crippen molar-refractivity contribution in [2.45, 2.75) is 12.1 Å². The van der Waals surface area contributed by atoms with E-state index in [-0.39, 0.29) is 70.6 Å². The third-order valence-electron chi connectivity index (χ3n) is 1.21. The molecule has 10 heteroatoms. The molecule has 0 radical (unpaired) electrons. The van der Waals surface area contributed by atoms with Gasteiger partial charge in [0, 0.05) is 11.5 Å². The van der Waals surface area contributed by atoms with Gasteiger partial charge in [0.05, 0.1) is 0 Å². The van der Waals surface area contributed by atoms with Crippen LogP contribution in [0.3, 0.4) is 0 Å². The van der Waals surface area contributed by atoms with Crippen molar-refractivity contribution in [1.29, 1.82) is 0 Å². The average Bonchev–Trinajstić information content (AvgIpc) is 2.11. The number of carbonyl (C=O) groups is 2. The van der Waals surface area contributed by atoms with E-state index in [0.29, 0.717) is 0 Å². The quantitative estimate of drug-likeness (QED) is 0.207. The van der Waals surface area contributed by atoms with Crippen molar-refractivity contribution < 1.29 is 78.9 Å². The van der Waals surface area contributed by atoms with Crippen molar-refractivity contribution in [3.05, 3.63) is 0 Å². The summed E-state index contributed by atoms with van der Waals surface area (Å²) >= 11 is 0. The van der Waals surface area contributed by atoms with Crippen molar-refractivity contribution in [3.8, 4) is 0 Å². The molecule has 2 atom stereocenters. The van der Waals surface area contributed by atoms with Gasteiger partial charge in [-0.2, -0.15) is 0 Å². The fourth-order valence-corrected chi connectivity index (χ4v) is 2.61. The number of carboxylic acid groups (broad SMARTS) is 2. The van der Waals surface area contributed by atoms with Crippen LogP contribution in [0.15, 0.2) is 0 Å². The average molecular weight is 286 g/mol. The molecule has 0 saturated carbocycles. The third kappa shape index (κ3) is 12.0. The minimum Gasteiger partial charge on any atom is -0.480 e. The van der Waals surface area contributed by atoms with E-state index < -0.39 is 24.0 Å². The van der Waals surface area contributed by atoms with Crippen molar-refractivity contribution in [1.82, 2.24) is 0 Å². The van der Waals surface area contributed by atoms with Gasteiger partial charge in [-0.05, 0) is 0 Å². The van der Waals surface area contributed by atoms with Gasteiger partial charge in [-0.15, -0.1) is 0 Å². The molecule has 16 heavy (non-hydrogen) atoms. The first-order chi connectivity index (χ1) is 6.45. The molecule has 0 rings (SSSR count). The van der Waals surface area contributed by atoms with E-state index in [0.717, 1.165) is 0 Å². The van der Waals surface area contributed by atoms with Crippen LogP contribution in [0.4, 0.5) is 0 Å². The summed E-state index contributed by atoms with van der Waals surface area (Å²) in [5.74, 6) is -1.68. The largest absolute Gasteiger partial charge is 1.00 e. The Morgan fingerprint density at radius 2 is 1.19 bits per heavy atom. The molecule has 0 aromatic heterocycles. The summed E-state index contributed by atoms with van der Waals surface area (Å²) in [5.41, 5.74) is 10.4. The maximum Gasteiger partial charge on any atom is 1.00 e. The molecule has 0 aliphatic carbocycles. The van der Waals surface area contributed by atoms with E-state index in [9.17, 15) is 9.59 Å². The summed E-state index contributed by atoms with van der Waals surface area (Å²) < 4.78 is 0. The Morgan fingerprint density at radius 1 is 0.938 bits per heavy atom. The fraction of sp³-hybridized carbons (Fsp3) is 0.667. The van der Waals surface area contributed by atoms with Gasteiger partial charge in [0.2, 0.25) is 0 Å². The van der Waals surface area contributed by atoms with Crippen LogP contribution in [0.5, 0.6) is 0 Å². The molecule has 0 saturated heterocycles. The first-order valence-corrected chi connectivity index (χ1v) is 6.15. The van der Waals surface area contributed by atoms with E-state index in [2.05, 4.69) is 0 Å². The van der Waals surface area contributed by atoms with E-state index in [4.69, 9.17) is 21.7 Å². The summed E-state index contributed by atoms with van der Waals surface area (Å²) in [6.07, 6.45) is 0. The van der Waals surface area contributed by atoms with Crippen LogP contribution in [0.2, 0.25) is 0 Å². The Bertz CT molecular complexity index is 201. The number of carboxylic acids is 2. The van der Waals surface area contributed by atoms with Gasteiger partial charge >= 0.3 is 71.1 Å². The van der Waals surface area contributed by atoms with Gasteiger partial charge in [0.1, 0.15) is 12.1 Å². The van der Waals surface area contributed by atoms with E-state index in [1.165, 1.54) is 21.6 Å². The molecule has 0 bridgehead atoms. The molecule has 0 aromatic carbocycles. The van der Waals surface area contributed by atoms with E-state index in [1.807, 2.05) is 0 Å². The van der Waals surface area contributed by atoms with Crippen molar-refractivity contribution in [2.24, 2.45) is 11.5 Å². The fourth-order valence-electron chi connectivity index (χ4n) is 0.385. The van der Waals surface area contributed by atoms with Crippen LogP contribution < -0.4 is 70.6 Å². The summed E-state index contributed by atoms with van der Waals surface area (Å²) in [6.45, 7) is 0. The smallest absolute Gasteiger partial charge is 0.480 e. The van der Waals surface area contributed by atoms with Crippen LogP contribution in [0.25, 0.3) is 0 Å². The van der Waals surface area contributed by atoms with Crippen molar-refractivity contribution in [2.75, 3.05) is 11.5 Å². The van der Waals surface area contributed by atoms with Gasteiger partial charge in [-0.25, -0.2) is 0 Å². The normalized spacial score (nSPS) is 12.9. The number of hydrogen-bond acceptors (Lipinski definition) is 6. The molecule has 0 spiro atoms. The molecule has 0 aliphatic rings. The molecule has 6 N–H and O–H groups in total. The van der Waals surface area contributed by atoms with Gasteiger partial charge < -0.3 is 21.7 Å². The maximum absolute atomic E-state index is 10.3. The SMILES string of the molecule is N[C@@H](CSSC[C@H](N)C(=O)O)C(=O)O.[Na+].[Na+]. The Labute approximate surface area is 146 Å². The van der Waals surface area contributed by atoms with Crippen molar-refractivity contribution in [3.63, 3.8) is 0 Å². The molecule has 6 nitrogen and oxygen atoms in total. The topological polar surface area (TPSA) is 127 Å². The molecular formula is C6H12N2Na2O4S2+2. The number of nitrogens with two attached hydrogens (primary N) is 2. The van der Waals surface area contributed by atoms with E-state index >= 15 is 0 Å². The summed E-state index contributed by atoms with van der Waals surface area (Å²) in [4.78, 5) is 20.5. The molecule has 0 fully saturated rings. The summed E-state index contributed by atoms with van der Waals surface area (Å²) in [5, 5.41) is 16.8. The van der Waals surface area contributed by atoms with Crippen LogP contribution in [-0.2, 0) is 9.59 Å². The van der Waals surface area contributed by atoms with Gasteiger partial charge in [0.15, 0.2) is 0 Å². The Morgan fingerprint density at radius 3 is 1.38 bits per heavy atom. The number of rotatable bonds is 7. The van der Waals surface area contributed by atoms with Crippen LogP contribution >= 0.6 is 21.6 Å². The number of aliphatic carboxylic acids is 2. The minimum atomic E-state index is -1.07. The monoisotopic (exact) mass is 286 g/mol. The second-order valence-electron chi connectivity index (χ2n) is 2.46. The van der Waals surface area contributed by atoms with Crippen LogP contribution in [0.1, 0.15) is 0 Å². The molecule has 0 amide bonds. The molecule has 82 valence electrons. The van der Waals surface area contributed by atoms with Gasteiger partial charge in [0.25, 0.3) is 0 Å². The second kappa shape index (κ2) is 13.0. The number of hydrogen-bond donors (Lipinski definition) is 4. The maximum atomic E-state index is 10.3. The van der Waals surface area contributed by atoms with Crippen molar-refractivity contribution >= 4 is 33.5 Å². The second-order valence-corrected chi connectivity index (χ2v) is 5.01. The van der Waals surface area contributed by atoms with E-state index in [1.54, 1.807) is 0 Å².